The Morgan fingerprint density at radius 2 is 1.74 bits per heavy atom. The molecule has 8 heteroatoms. The van der Waals surface area contributed by atoms with E-state index in [1.54, 1.807) is 24.3 Å². The summed E-state index contributed by atoms with van der Waals surface area (Å²) < 4.78 is 16.1. The highest BCUT2D eigenvalue weighted by molar-refractivity contribution is 5.91. The number of benzene rings is 1. The summed E-state index contributed by atoms with van der Waals surface area (Å²) in [6.07, 6.45) is 5.14. The predicted octanol–water partition coefficient (Wildman–Crippen LogP) is 2.31. The molecule has 31 heavy (non-hydrogen) atoms. The maximum atomic E-state index is 12.5. The van der Waals surface area contributed by atoms with Gasteiger partial charge >= 0.3 is 5.97 Å². The number of piperidine rings is 1. The SMILES string of the molecule is CC1CCCC(C)N1C(=O)COc1ccc(C(=O)OCC(=O)NCC2CCCO2)cc1. The maximum absolute atomic E-state index is 12.5. The maximum Gasteiger partial charge on any atom is 0.338 e. The van der Waals surface area contributed by atoms with Gasteiger partial charge in [0.25, 0.3) is 11.8 Å². The van der Waals surface area contributed by atoms with Crippen LogP contribution < -0.4 is 10.1 Å². The molecule has 2 aliphatic rings. The topological polar surface area (TPSA) is 94.2 Å². The number of carbonyl (C=O) groups is 3. The highest BCUT2D eigenvalue weighted by atomic mass is 16.5. The highest BCUT2D eigenvalue weighted by Gasteiger charge is 2.29. The number of nitrogens with zero attached hydrogens (tertiary/aromatic N) is 1. The number of likely N-dealkylation sites (tertiary alicyclic amines) is 1. The number of nitrogens with one attached hydrogen (secondary N) is 1. The lowest BCUT2D eigenvalue weighted by Gasteiger charge is -2.38. The minimum atomic E-state index is -0.592. The van der Waals surface area contributed by atoms with Gasteiger partial charge in [0.15, 0.2) is 13.2 Å². The van der Waals surface area contributed by atoms with Gasteiger partial charge < -0.3 is 24.4 Å². The van der Waals surface area contributed by atoms with Crippen LogP contribution in [0, 0.1) is 0 Å². The van der Waals surface area contributed by atoms with Gasteiger partial charge in [0.05, 0.1) is 11.7 Å². The fourth-order valence-electron chi connectivity index (χ4n) is 4.12. The summed E-state index contributed by atoms with van der Waals surface area (Å²) in [5.41, 5.74) is 0.309. The van der Waals surface area contributed by atoms with Crippen LogP contribution in [0.5, 0.6) is 5.75 Å². The molecular weight excluding hydrogens is 400 g/mol. The Labute approximate surface area is 183 Å². The van der Waals surface area contributed by atoms with Crippen LogP contribution >= 0.6 is 0 Å². The minimum Gasteiger partial charge on any atom is -0.484 e. The second-order valence-electron chi connectivity index (χ2n) is 8.26. The molecule has 2 aliphatic heterocycles. The van der Waals surface area contributed by atoms with E-state index in [0.717, 1.165) is 38.7 Å². The molecule has 2 saturated heterocycles. The average molecular weight is 433 g/mol. The Balaban J connectivity index is 1.40. The fraction of sp³-hybridized carbons (Fsp3) is 0.609. The van der Waals surface area contributed by atoms with Crippen molar-refractivity contribution < 1.29 is 28.6 Å². The first kappa shape index (κ1) is 23.1. The van der Waals surface area contributed by atoms with E-state index in [4.69, 9.17) is 14.2 Å². The van der Waals surface area contributed by atoms with Gasteiger partial charge in [-0.1, -0.05) is 0 Å². The average Bonchev–Trinajstić information content (AvgIpc) is 3.28. The number of rotatable bonds is 8. The van der Waals surface area contributed by atoms with Gasteiger partial charge in [-0.25, -0.2) is 4.79 Å². The van der Waals surface area contributed by atoms with E-state index in [9.17, 15) is 14.4 Å². The van der Waals surface area contributed by atoms with Gasteiger partial charge in [-0.3, -0.25) is 9.59 Å². The molecule has 1 N–H and O–H groups in total. The van der Waals surface area contributed by atoms with Gasteiger partial charge in [0.2, 0.25) is 0 Å². The summed E-state index contributed by atoms with van der Waals surface area (Å²) in [4.78, 5) is 38.4. The zero-order valence-electron chi connectivity index (χ0n) is 18.3. The lowest BCUT2D eigenvalue weighted by Crippen LogP contribution is -2.49. The predicted molar refractivity (Wildman–Crippen MR) is 114 cm³/mol. The van der Waals surface area contributed by atoms with E-state index in [0.29, 0.717) is 17.9 Å². The fourth-order valence-corrected chi connectivity index (χ4v) is 4.12. The molecule has 2 fully saturated rings. The van der Waals surface area contributed by atoms with Crippen LogP contribution in [0.25, 0.3) is 0 Å². The van der Waals surface area contributed by atoms with Crippen molar-refractivity contribution in [2.45, 2.75) is 64.1 Å². The summed E-state index contributed by atoms with van der Waals surface area (Å²) >= 11 is 0. The van der Waals surface area contributed by atoms with Crippen molar-refractivity contribution in [3.05, 3.63) is 29.8 Å². The van der Waals surface area contributed by atoms with E-state index < -0.39 is 5.97 Å². The Kier molecular flexibility index (Phi) is 8.28. The van der Waals surface area contributed by atoms with Gasteiger partial charge in [-0.15, -0.1) is 0 Å². The first-order valence-corrected chi connectivity index (χ1v) is 11.0. The van der Waals surface area contributed by atoms with E-state index in [-0.39, 0.29) is 43.2 Å². The zero-order valence-corrected chi connectivity index (χ0v) is 18.3. The van der Waals surface area contributed by atoms with Gasteiger partial charge in [0.1, 0.15) is 5.75 Å². The molecule has 3 atom stereocenters. The second-order valence-corrected chi connectivity index (χ2v) is 8.26. The lowest BCUT2D eigenvalue weighted by molar-refractivity contribution is -0.139. The third kappa shape index (κ3) is 6.69. The molecular formula is C23H32N2O6. The summed E-state index contributed by atoms with van der Waals surface area (Å²) in [6, 6.07) is 6.78. The molecule has 1 aromatic rings. The molecule has 8 nitrogen and oxygen atoms in total. The zero-order chi connectivity index (χ0) is 22.2. The van der Waals surface area contributed by atoms with E-state index >= 15 is 0 Å². The van der Waals surface area contributed by atoms with Crippen molar-refractivity contribution in [2.24, 2.45) is 0 Å². The molecule has 1 aromatic carbocycles. The summed E-state index contributed by atoms with van der Waals surface area (Å²) in [6.45, 7) is 4.90. The molecule has 2 heterocycles. The minimum absolute atomic E-state index is 0.0304. The van der Waals surface area contributed by atoms with Gasteiger partial charge in [-0.2, -0.15) is 0 Å². The standard InChI is InChI=1S/C23H32N2O6/c1-16-5-3-6-17(2)25(16)22(27)15-30-19-10-8-18(9-11-19)23(28)31-14-21(26)24-13-20-7-4-12-29-20/h8-11,16-17,20H,3-7,12-15H2,1-2H3,(H,24,26). The smallest absolute Gasteiger partial charge is 0.338 e. The Morgan fingerprint density at radius 3 is 2.39 bits per heavy atom. The molecule has 170 valence electrons. The van der Waals surface area contributed by atoms with Gasteiger partial charge in [-0.05, 0) is 70.2 Å². The van der Waals surface area contributed by atoms with Crippen LogP contribution in [0.15, 0.2) is 24.3 Å². The second kappa shape index (κ2) is 11.1. The first-order chi connectivity index (χ1) is 14.9. The van der Waals surface area contributed by atoms with Crippen molar-refractivity contribution >= 4 is 17.8 Å². The van der Waals surface area contributed by atoms with Crippen LogP contribution in [0.3, 0.4) is 0 Å². The monoisotopic (exact) mass is 432 g/mol. The molecule has 0 radical (unpaired) electrons. The van der Waals surface area contributed by atoms with E-state index in [1.807, 2.05) is 4.90 Å². The number of esters is 1. The molecule has 2 amide bonds. The normalized spacial score (nSPS) is 23.3. The molecule has 0 bridgehead atoms. The van der Waals surface area contributed by atoms with Gasteiger partial charge in [0, 0.05) is 25.2 Å². The molecule has 0 aliphatic carbocycles. The van der Waals surface area contributed by atoms with Crippen LogP contribution in [0.1, 0.15) is 56.3 Å². The summed E-state index contributed by atoms with van der Waals surface area (Å²) in [5.74, 6) is -0.483. The van der Waals surface area contributed by atoms with Crippen LogP contribution in [-0.2, 0) is 19.1 Å². The Hall–Kier alpha value is -2.61. The lowest BCUT2D eigenvalue weighted by atomic mass is 9.97. The summed E-state index contributed by atoms with van der Waals surface area (Å²) in [5, 5.41) is 2.70. The van der Waals surface area contributed by atoms with Crippen LogP contribution in [0.2, 0.25) is 0 Å². The van der Waals surface area contributed by atoms with Crippen molar-refractivity contribution in [2.75, 3.05) is 26.4 Å². The van der Waals surface area contributed by atoms with Crippen LogP contribution in [-0.4, -0.2) is 67.2 Å². The number of hydrogen-bond donors (Lipinski definition) is 1. The quantitative estimate of drug-likeness (QED) is 0.634. The first-order valence-electron chi connectivity index (χ1n) is 11.0. The Bertz CT molecular complexity index is 750. The number of amides is 2. The molecule has 3 unspecified atom stereocenters. The summed E-state index contributed by atoms with van der Waals surface area (Å²) in [7, 11) is 0. The van der Waals surface area contributed by atoms with Crippen LogP contribution in [0.4, 0.5) is 0 Å². The van der Waals surface area contributed by atoms with Crippen molar-refractivity contribution in [3.8, 4) is 5.75 Å². The third-order valence-electron chi connectivity index (χ3n) is 5.82. The molecule has 0 aromatic heterocycles. The largest absolute Gasteiger partial charge is 0.484 e. The molecule has 0 spiro atoms. The Morgan fingerprint density at radius 1 is 1.03 bits per heavy atom. The third-order valence-corrected chi connectivity index (χ3v) is 5.82. The van der Waals surface area contributed by atoms with Crippen molar-refractivity contribution in [1.82, 2.24) is 10.2 Å². The molecule has 0 saturated carbocycles. The van der Waals surface area contributed by atoms with E-state index in [1.165, 1.54) is 0 Å². The highest BCUT2D eigenvalue weighted by Crippen LogP contribution is 2.23. The van der Waals surface area contributed by atoms with E-state index in [2.05, 4.69) is 19.2 Å². The molecule has 3 rings (SSSR count). The van der Waals surface area contributed by atoms with Crippen molar-refractivity contribution in [1.29, 1.82) is 0 Å². The number of carbonyl (C=O) groups excluding carboxylic acids is 3. The van der Waals surface area contributed by atoms with Crippen molar-refractivity contribution in [3.63, 3.8) is 0 Å². The number of hydrogen-bond acceptors (Lipinski definition) is 6. The number of ether oxygens (including phenoxy) is 3.